The van der Waals surface area contributed by atoms with Crippen molar-refractivity contribution in [3.8, 4) is 5.75 Å². The standard InChI is InChI=1S/C19H14F3N3O3/c1-25-11-15(17(26)14-4-2-3-5-16(14)25)18(27)24-23-10-12-6-8-13(9-7-12)28-19(20,21)22/h2-11H,1H3,(H,24,27). The van der Waals surface area contributed by atoms with Crippen molar-refractivity contribution >= 4 is 23.0 Å². The van der Waals surface area contributed by atoms with Crippen molar-refractivity contribution < 1.29 is 22.7 Å². The van der Waals surface area contributed by atoms with Crippen LogP contribution in [0, 0.1) is 0 Å². The zero-order valence-electron chi connectivity index (χ0n) is 14.5. The van der Waals surface area contributed by atoms with Crippen molar-refractivity contribution in [3.05, 3.63) is 76.1 Å². The van der Waals surface area contributed by atoms with Gasteiger partial charge in [-0.15, -0.1) is 13.2 Å². The summed E-state index contributed by atoms with van der Waals surface area (Å²) in [6.45, 7) is 0. The normalized spacial score (nSPS) is 11.7. The Labute approximate surface area is 156 Å². The molecule has 0 aliphatic rings. The smallest absolute Gasteiger partial charge is 0.406 e. The number of nitrogens with one attached hydrogen (secondary N) is 1. The van der Waals surface area contributed by atoms with E-state index in [-0.39, 0.29) is 11.3 Å². The van der Waals surface area contributed by atoms with Crippen LogP contribution in [0.1, 0.15) is 15.9 Å². The van der Waals surface area contributed by atoms with E-state index < -0.39 is 17.7 Å². The first-order valence-electron chi connectivity index (χ1n) is 8.02. The molecule has 28 heavy (non-hydrogen) atoms. The number of nitrogens with zero attached hydrogens (tertiary/aromatic N) is 2. The van der Waals surface area contributed by atoms with Gasteiger partial charge >= 0.3 is 6.36 Å². The van der Waals surface area contributed by atoms with Crippen molar-refractivity contribution in [1.29, 1.82) is 0 Å². The largest absolute Gasteiger partial charge is 0.573 e. The number of pyridine rings is 1. The third-order valence-electron chi connectivity index (χ3n) is 3.83. The van der Waals surface area contributed by atoms with Gasteiger partial charge in [0.05, 0.1) is 11.7 Å². The first-order chi connectivity index (χ1) is 13.2. The Morgan fingerprint density at radius 2 is 1.82 bits per heavy atom. The number of benzene rings is 2. The lowest BCUT2D eigenvalue weighted by atomic mass is 10.1. The average molecular weight is 389 g/mol. The van der Waals surface area contributed by atoms with Gasteiger partial charge in [-0.2, -0.15) is 5.10 Å². The predicted octanol–water partition coefficient (Wildman–Crippen LogP) is 3.20. The molecule has 3 rings (SSSR count). The lowest BCUT2D eigenvalue weighted by Crippen LogP contribution is -2.26. The fourth-order valence-electron chi connectivity index (χ4n) is 2.58. The molecule has 1 aromatic heterocycles. The number of carbonyl (C=O) groups excluding carboxylic acids is 1. The number of rotatable bonds is 4. The van der Waals surface area contributed by atoms with Crippen LogP contribution in [0.25, 0.3) is 10.9 Å². The molecule has 0 atom stereocenters. The van der Waals surface area contributed by atoms with Gasteiger partial charge in [0.25, 0.3) is 5.91 Å². The van der Waals surface area contributed by atoms with Crippen LogP contribution in [0.3, 0.4) is 0 Å². The van der Waals surface area contributed by atoms with Crippen molar-refractivity contribution in [3.63, 3.8) is 0 Å². The molecule has 0 fully saturated rings. The van der Waals surface area contributed by atoms with Gasteiger partial charge in [-0.05, 0) is 42.0 Å². The highest BCUT2D eigenvalue weighted by Gasteiger charge is 2.30. The van der Waals surface area contributed by atoms with Crippen LogP contribution in [0.2, 0.25) is 0 Å². The van der Waals surface area contributed by atoms with Crippen LogP contribution in [0.4, 0.5) is 13.2 Å². The third kappa shape index (κ3) is 4.37. The number of halogens is 3. The second-order valence-electron chi connectivity index (χ2n) is 5.82. The molecule has 1 amide bonds. The van der Waals surface area contributed by atoms with Crippen LogP contribution in [-0.4, -0.2) is 23.1 Å². The number of hydrazone groups is 1. The first kappa shape index (κ1) is 19.2. The van der Waals surface area contributed by atoms with Crippen molar-refractivity contribution in [2.45, 2.75) is 6.36 Å². The van der Waals surface area contributed by atoms with Gasteiger partial charge in [0.15, 0.2) is 0 Å². The maximum atomic E-state index is 12.5. The van der Waals surface area contributed by atoms with Gasteiger partial charge in [0.1, 0.15) is 11.3 Å². The molecule has 1 N–H and O–H groups in total. The molecule has 0 radical (unpaired) electrons. The van der Waals surface area contributed by atoms with Gasteiger partial charge in [0, 0.05) is 18.6 Å². The number of alkyl halides is 3. The Hall–Kier alpha value is -3.62. The Balaban J connectivity index is 1.73. The number of para-hydroxylation sites is 1. The van der Waals surface area contributed by atoms with Gasteiger partial charge in [0.2, 0.25) is 5.43 Å². The SMILES string of the molecule is Cn1cc(C(=O)NN=Cc2ccc(OC(F)(F)F)cc2)c(=O)c2ccccc21. The number of hydrogen-bond donors (Lipinski definition) is 1. The number of fused-ring (bicyclic) bond motifs is 1. The topological polar surface area (TPSA) is 72.7 Å². The zero-order valence-corrected chi connectivity index (χ0v) is 14.5. The second-order valence-corrected chi connectivity index (χ2v) is 5.82. The fraction of sp³-hybridized carbons (Fsp3) is 0.105. The summed E-state index contributed by atoms with van der Waals surface area (Å²) in [5, 5.41) is 4.14. The number of aromatic nitrogens is 1. The summed E-state index contributed by atoms with van der Waals surface area (Å²) in [5.41, 5.74) is 2.86. The quantitative estimate of drug-likeness (QED) is 0.550. The lowest BCUT2D eigenvalue weighted by molar-refractivity contribution is -0.274. The van der Waals surface area contributed by atoms with Crippen molar-refractivity contribution in [1.82, 2.24) is 9.99 Å². The van der Waals surface area contributed by atoms with E-state index in [1.54, 1.807) is 35.9 Å². The third-order valence-corrected chi connectivity index (χ3v) is 3.83. The highest BCUT2D eigenvalue weighted by Crippen LogP contribution is 2.22. The number of amides is 1. The molecular formula is C19H14F3N3O3. The van der Waals surface area contributed by atoms with Crippen LogP contribution in [-0.2, 0) is 7.05 Å². The van der Waals surface area contributed by atoms with E-state index >= 15 is 0 Å². The molecule has 0 aliphatic carbocycles. The molecule has 0 aliphatic heterocycles. The molecule has 3 aromatic rings. The zero-order chi connectivity index (χ0) is 20.3. The van der Waals surface area contributed by atoms with Gasteiger partial charge in [-0.3, -0.25) is 9.59 Å². The van der Waals surface area contributed by atoms with Gasteiger partial charge in [-0.1, -0.05) is 12.1 Å². The Bertz CT molecular complexity index is 1100. The molecule has 0 spiro atoms. The van der Waals surface area contributed by atoms with Crippen LogP contribution < -0.4 is 15.6 Å². The molecular weight excluding hydrogens is 375 g/mol. The van der Waals surface area contributed by atoms with E-state index in [0.717, 1.165) is 12.1 Å². The summed E-state index contributed by atoms with van der Waals surface area (Å²) < 4.78 is 41.8. The summed E-state index contributed by atoms with van der Waals surface area (Å²) >= 11 is 0. The average Bonchev–Trinajstić information content (AvgIpc) is 2.65. The Morgan fingerprint density at radius 3 is 2.50 bits per heavy atom. The lowest BCUT2D eigenvalue weighted by Gasteiger charge is -2.08. The molecule has 6 nitrogen and oxygen atoms in total. The van der Waals surface area contributed by atoms with Crippen LogP contribution in [0.5, 0.6) is 5.75 Å². The summed E-state index contributed by atoms with van der Waals surface area (Å²) in [6, 6.07) is 11.8. The minimum atomic E-state index is -4.77. The maximum absolute atomic E-state index is 12.5. The summed E-state index contributed by atoms with van der Waals surface area (Å²) in [6.07, 6.45) is -2.12. The minimum absolute atomic E-state index is 0.0766. The fourth-order valence-corrected chi connectivity index (χ4v) is 2.58. The predicted molar refractivity (Wildman–Crippen MR) is 97.4 cm³/mol. The molecule has 0 saturated carbocycles. The van der Waals surface area contributed by atoms with E-state index in [4.69, 9.17) is 0 Å². The van der Waals surface area contributed by atoms with E-state index in [1.165, 1.54) is 24.5 Å². The molecule has 0 bridgehead atoms. The molecule has 9 heteroatoms. The Morgan fingerprint density at radius 1 is 1.14 bits per heavy atom. The van der Waals surface area contributed by atoms with E-state index in [1.807, 2.05) is 0 Å². The van der Waals surface area contributed by atoms with Gasteiger partial charge < -0.3 is 9.30 Å². The van der Waals surface area contributed by atoms with E-state index in [0.29, 0.717) is 16.5 Å². The summed E-state index contributed by atoms with van der Waals surface area (Å²) in [4.78, 5) is 24.8. The second kappa shape index (κ2) is 7.55. The number of hydrogen-bond acceptors (Lipinski definition) is 4. The first-order valence-corrected chi connectivity index (χ1v) is 8.02. The van der Waals surface area contributed by atoms with Crippen molar-refractivity contribution in [2.24, 2.45) is 12.1 Å². The summed E-state index contributed by atoms with van der Waals surface area (Å²) in [5.74, 6) is -1.06. The van der Waals surface area contributed by atoms with Crippen LogP contribution >= 0.6 is 0 Å². The molecule has 2 aromatic carbocycles. The number of aryl methyl sites for hydroxylation is 1. The van der Waals surface area contributed by atoms with Crippen molar-refractivity contribution in [2.75, 3.05) is 0 Å². The summed E-state index contributed by atoms with van der Waals surface area (Å²) in [7, 11) is 1.71. The van der Waals surface area contributed by atoms with Crippen LogP contribution in [0.15, 0.2) is 64.6 Å². The maximum Gasteiger partial charge on any atom is 0.573 e. The monoisotopic (exact) mass is 389 g/mol. The minimum Gasteiger partial charge on any atom is -0.406 e. The van der Waals surface area contributed by atoms with Gasteiger partial charge in [-0.25, -0.2) is 5.43 Å². The molecule has 144 valence electrons. The molecule has 0 saturated heterocycles. The Kier molecular flexibility index (Phi) is 5.16. The number of ether oxygens (including phenoxy) is 1. The highest BCUT2D eigenvalue weighted by atomic mass is 19.4. The number of carbonyl (C=O) groups is 1. The van der Waals surface area contributed by atoms with E-state index in [2.05, 4.69) is 15.3 Å². The molecule has 1 heterocycles. The molecule has 0 unspecified atom stereocenters. The van der Waals surface area contributed by atoms with E-state index in [9.17, 15) is 22.8 Å². The highest BCUT2D eigenvalue weighted by molar-refractivity contribution is 5.97.